The van der Waals surface area contributed by atoms with Crippen LogP contribution in [0.15, 0.2) is 47.3 Å². The number of H-pyrrole nitrogens is 1. The summed E-state index contributed by atoms with van der Waals surface area (Å²) in [5, 5.41) is 3.70. The highest BCUT2D eigenvalue weighted by Crippen LogP contribution is 2.19. The second-order valence-corrected chi connectivity index (χ2v) is 6.45. The summed E-state index contributed by atoms with van der Waals surface area (Å²) in [5.74, 6) is -1.08. The van der Waals surface area contributed by atoms with Crippen molar-refractivity contribution in [1.82, 2.24) is 10.3 Å². The lowest BCUT2D eigenvalue weighted by molar-refractivity contribution is -0.144. The van der Waals surface area contributed by atoms with Crippen LogP contribution >= 0.6 is 0 Å². The van der Waals surface area contributed by atoms with Crippen molar-refractivity contribution in [3.8, 4) is 0 Å². The number of para-hydroxylation sites is 2. The van der Waals surface area contributed by atoms with E-state index in [2.05, 4.69) is 10.3 Å². The number of carbonyl (C=O) groups excluding carboxylic acids is 2. The molecule has 0 aliphatic heterocycles. The van der Waals surface area contributed by atoms with Crippen LogP contribution in [0.2, 0.25) is 0 Å². The predicted molar refractivity (Wildman–Crippen MR) is 100 cm³/mol. The number of aromatic amines is 1. The molecule has 6 nitrogen and oxygen atoms in total. The number of benzene rings is 2. The number of carbonyl (C=O) groups is 2. The molecule has 0 bridgehead atoms. The summed E-state index contributed by atoms with van der Waals surface area (Å²) in [6, 6.07) is 11.3. The van der Waals surface area contributed by atoms with Gasteiger partial charge < -0.3 is 15.0 Å². The number of rotatable bonds is 4. The van der Waals surface area contributed by atoms with Gasteiger partial charge >= 0.3 is 5.97 Å². The van der Waals surface area contributed by atoms with Gasteiger partial charge in [-0.15, -0.1) is 0 Å². The fourth-order valence-corrected chi connectivity index (χ4v) is 2.98. The summed E-state index contributed by atoms with van der Waals surface area (Å²) in [6.07, 6.45) is 0. The number of nitrogens with one attached hydrogen (secondary N) is 2. The highest BCUT2D eigenvalue weighted by molar-refractivity contribution is 6.08. The molecule has 0 unspecified atom stereocenters. The fraction of sp³-hybridized carbons (Fsp3) is 0.250. The molecular formula is C20H20N2O4. The largest absolute Gasteiger partial charge is 0.467 e. The van der Waals surface area contributed by atoms with Gasteiger partial charge in [-0.05, 0) is 30.2 Å². The standard InChI is InChI=1S/C20H20N2O4/c1-11(2)16(20(25)26-3)22-19(24)14-9-6-8-13-17(14)21-15-10-5-4-7-12(15)18(13)23/h4-11,16H,1-3H3,(H,21,23)(H,22,24)/t16-/m0/s1. The monoisotopic (exact) mass is 352 g/mol. The lowest BCUT2D eigenvalue weighted by Gasteiger charge is -2.20. The number of amides is 1. The van der Waals surface area contributed by atoms with Gasteiger partial charge in [0.1, 0.15) is 6.04 Å². The van der Waals surface area contributed by atoms with Gasteiger partial charge in [0.2, 0.25) is 0 Å². The molecule has 134 valence electrons. The van der Waals surface area contributed by atoms with Gasteiger partial charge in [0, 0.05) is 16.3 Å². The Balaban J connectivity index is 2.11. The molecule has 0 fully saturated rings. The molecule has 1 amide bonds. The predicted octanol–water partition coefficient (Wildman–Crippen LogP) is 2.61. The molecule has 26 heavy (non-hydrogen) atoms. The van der Waals surface area contributed by atoms with Crippen LogP contribution in [0.1, 0.15) is 24.2 Å². The van der Waals surface area contributed by atoms with Crippen molar-refractivity contribution < 1.29 is 14.3 Å². The molecule has 1 atom stereocenters. The fourth-order valence-electron chi connectivity index (χ4n) is 2.98. The maximum atomic E-state index is 12.8. The molecule has 2 aromatic carbocycles. The summed E-state index contributed by atoms with van der Waals surface area (Å²) in [6.45, 7) is 3.64. The topological polar surface area (TPSA) is 88.3 Å². The van der Waals surface area contributed by atoms with Gasteiger partial charge in [-0.3, -0.25) is 9.59 Å². The third-order valence-electron chi connectivity index (χ3n) is 4.39. The average Bonchev–Trinajstić information content (AvgIpc) is 2.65. The highest BCUT2D eigenvalue weighted by Gasteiger charge is 2.26. The first-order chi connectivity index (χ1) is 12.4. The van der Waals surface area contributed by atoms with E-state index >= 15 is 0 Å². The molecule has 0 spiro atoms. The quantitative estimate of drug-likeness (QED) is 0.558. The minimum absolute atomic E-state index is 0.138. The van der Waals surface area contributed by atoms with Crippen LogP contribution in [0.3, 0.4) is 0 Å². The number of fused-ring (bicyclic) bond motifs is 2. The Labute approximate surface area is 150 Å². The molecule has 1 heterocycles. The molecule has 0 saturated carbocycles. The highest BCUT2D eigenvalue weighted by atomic mass is 16.5. The van der Waals surface area contributed by atoms with E-state index in [1.165, 1.54) is 7.11 Å². The Kier molecular flexibility index (Phi) is 4.75. The number of hydrogen-bond acceptors (Lipinski definition) is 4. The second kappa shape index (κ2) is 7.00. The zero-order valence-electron chi connectivity index (χ0n) is 14.8. The molecule has 0 saturated heterocycles. The van der Waals surface area contributed by atoms with E-state index < -0.39 is 17.9 Å². The lowest BCUT2D eigenvalue weighted by Crippen LogP contribution is -2.45. The van der Waals surface area contributed by atoms with Crippen LogP contribution < -0.4 is 10.7 Å². The normalized spacial score (nSPS) is 12.3. The van der Waals surface area contributed by atoms with Crippen LogP contribution in [0.4, 0.5) is 0 Å². The van der Waals surface area contributed by atoms with Crippen molar-refractivity contribution in [2.75, 3.05) is 7.11 Å². The number of pyridine rings is 1. The Hall–Kier alpha value is -3.15. The van der Waals surface area contributed by atoms with Crippen LogP contribution in [0.25, 0.3) is 21.8 Å². The van der Waals surface area contributed by atoms with Crippen molar-refractivity contribution in [2.24, 2.45) is 5.92 Å². The smallest absolute Gasteiger partial charge is 0.328 e. The number of aromatic nitrogens is 1. The first-order valence-corrected chi connectivity index (χ1v) is 8.36. The third kappa shape index (κ3) is 3.06. The van der Waals surface area contributed by atoms with Crippen LogP contribution in [0.5, 0.6) is 0 Å². The number of esters is 1. The number of ether oxygens (including phenoxy) is 1. The SMILES string of the molecule is COC(=O)[C@@H](NC(=O)c1cccc2c(=O)c3ccccc3[nH]c12)C(C)C. The summed E-state index contributed by atoms with van der Waals surface area (Å²) >= 11 is 0. The van der Waals surface area contributed by atoms with E-state index in [9.17, 15) is 14.4 Å². The summed E-state index contributed by atoms with van der Waals surface area (Å²) in [5.41, 5.74) is 1.26. The van der Waals surface area contributed by atoms with Crippen molar-refractivity contribution in [1.29, 1.82) is 0 Å². The first kappa shape index (κ1) is 17.7. The Morgan fingerprint density at radius 3 is 2.42 bits per heavy atom. The Bertz CT molecular complexity index is 1050. The van der Waals surface area contributed by atoms with E-state index in [1.54, 1.807) is 36.4 Å². The van der Waals surface area contributed by atoms with Gasteiger partial charge in [0.25, 0.3) is 5.91 Å². The Morgan fingerprint density at radius 1 is 1.04 bits per heavy atom. The molecule has 2 N–H and O–H groups in total. The van der Waals surface area contributed by atoms with E-state index in [0.717, 1.165) is 0 Å². The van der Waals surface area contributed by atoms with Crippen molar-refractivity contribution >= 4 is 33.7 Å². The van der Waals surface area contributed by atoms with Crippen LogP contribution in [0, 0.1) is 5.92 Å². The molecule has 1 aromatic heterocycles. The first-order valence-electron chi connectivity index (χ1n) is 8.36. The van der Waals surface area contributed by atoms with Gasteiger partial charge in [-0.1, -0.05) is 32.0 Å². The van der Waals surface area contributed by atoms with Gasteiger partial charge in [0.05, 0.1) is 18.2 Å². The van der Waals surface area contributed by atoms with E-state index in [0.29, 0.717) is 27.4 Å². The maximum Gasteiger partial charge on any atom is 0.328 e. The summed E-state index contributed by atoms with van der Waals surface area (Å²) in [4.78, 5) is 40.6. The summed E-state index contributed by atoms with van der Waals surface area (Å²) < 4.78 is 4.76. The molecular weight excluding hydrogens is 332 g/mol. The lowest BCUT2D eigenvalue weighted by atomic mass is 10.0. The molecule has 3 aromatic rings. The zero-order chi connectivity index (χ0) is 18.8. The number of methoxy groups -OCH3 is 1. The molecule has 0 aliphatic carbocycles. The van der Waals surface area contributed by atoms with Crippen molar-refractivity contribution in [3.63, 3.8) is 0 Å². The van der Waals surface area contributed by atoms with E-state index in [1.807, 2.05) is 19.9 Å². The zero-order valence-corrected chi connectivity index (χ0v) is 14.8. The molecule has 0 aliphatic rings. The van der Waals surface area contributed by atoms with Gasteiger partial charge in [-0.2, -0.15) is 0 Å². The van der Waals surface area contributed by atoms with Crippen LogP contribution in [-0.2, 0) is 9.53 Å². The third-order valence-corrected chi connectivity index (χ3v) is 4.39. The molecule has 3 rings (SSSR count). The molecule has 6 heteroatoms. The van der Waals surface area contributed by atoms with Gasteiger partial charge in [0.15, 0.2) is 5.43 Å². The average molecular weight is 352 g/mol. The van der Waals surface area contributed by atoms with Crippen molar-refractivity contribution in [2.45, 2.75) is 19.9 Å². The summed E-state index contributed by atoms with van der Waals surface area (Å²) in [7, 11) is 1.28. The minimum atomic E-state index is -0.769. The minimum Gasteiger partial charge on any atom is -0.467 e. The van der Waals surface area contributed by atoms with Crippen molar-refractivity contribution in [3.05, 3.63) is 58.3 Å². The Morgan fingerprint density at radius 2 is 1.73 bits per heavy atom. The van der Waals surface area contributed by atoms with Gasteiger partial charge in [-0.25, -0.2) is 4.79 Å². The van der Waals surface area contributed by atoms with Crippen LogP contribution in [-0.4, -0.2) is 30.0 Å². The maximum absolute atomic E-state index is 12.8. The number of hydrogen-bond donors (Lipinski definition) is 2. The van der Waals surface area contributed by atoms with E-state index in [4.69, 9.17) is 4.74 Å². The molecule has 0 radical (unpaired) electrons. The second-order valence-electron chi connectivity index (χ2n) is 6.45. The van der Waals surface area contributed by atoms with E-state index in [-0.39, 0.29) is 11.3 Å².